The lowest BCUT2D eigenvalue weighted by molar-refractivity contribution is -0.131. The van der Waals surface area contributed by atoms with E-state index in [0.29, 0.717) is 19.5 Å². The molecule has 24 heavy (non-hydrogen) atoms. The fourth-order valence-electron chi connectivity index (χ4n) is 2.91. The summed E-state index contributed by atoms with van der Waals surface area (Å²) < 4.78 is 28.1. The number of carbonyl (C=O) groups excluding carboxylic acids is 1. The number of nitrogens with zero attached hydrogens (tertiary/aromatic N) is 1. The summed E-state index contributed by atoms with van der Waals surface area (Å²) >= 11 is 5.05. The van der Waals surface area contributed by atoms with E-state index in [0.717, 1.165) is 22.6 Å². The smallest absolute Gasteiger partial charge is 0.240 e. The topological polar surface area (TPSA) is 78.5 Å². The minimum atomic E-state index is -3.53. The van der Waals surface area contributed by atoms with Crippen LogP contribution in [0, 0.1) is 5.92 Å². The fourth-order valence-corrected chi connectivity index (χ4v) is 5.57. The number of sulfonamides is 1. The van der Waals surface area contributed by atoms with Gasteiger partial charge in [-0.25, -0.2) is 13.1 Å². The van der Waals surface area contributed by atoms with Crippen LogP contribution in [-0.2, 0) is 14.8 Å². The first-order chi connectivity index (χ1) is 11.5. The summed E-state index contributed by atoms with van der Waals surface area (Å²) in [6.45, 7) is 1.79. The number of benzene rings is 1. The molecule has 2 aliphatic rings. The summed E-state index contributed by atoms with van der Waals surface area (Å²) in [6, 6.07) is 6.43. The average molecular weight is 434 g/mol. The molecule has 2 heterocycles. The predicted molar refractivity (Wildman–Crippen MR) is 98.3 cm³/mol. The number of amides is 1. The van der Waals surface area contributed by atoms with Crippen LogP contribution >= 0.6 is 27.7 Å². The maximum Gasteiger partial charge on any atom is 0.240 e. The molecular weight excluding hydrogens is 414 g/mol. The number of rotatable bonds is 5. The van der Waals surface area contributed by atoms with Crippen LogP contribution in [0.3, 0.4) is 0 Å². The third-order valence-electron chi connectivity index (χ3n) is 4.25. The Hall–Kier alpha value is -0.610. The van der Waals surface area contributed by atoms with Crippen LogP contribution < -0.4 is 10.0 Å². The lowest BCUT2D eigenvalue weighted by atomic mass is 10.1. The molecule has 0 unspecified atom stereocenters. The molecule has 0 spiro atoms. The van der Waals surface area contributed by atoms with E-state index in [1.165, 1.54) is 0 Å². The van der Waals surface area contributed by atoms with Crippen molar-refractivity contribution in [3.05, 3.63) is 28.7 Å². The van der Waals surface area contributed by atoms with E-state index < -0.39 is 10.0 Å². The van der Waals surface area contributed by atoms with Gasteiger partial charge in [0.15, 0.2) is 0 Å². The Balaban J connectivity index is 1.53. The van der Waals surface area contributed by atoms with Gasteiger partial charge in [-0.3, -0.25) is 4.79 Å². The number of thioether (sulfide) groups is 1. The molecule has 2 saturated heterocycles. The van der Waals surface area contributed by atoms with E-state index in [9.17, 15) is 13.2 Å². The Bertz CT molecular complexity index is 708. The molecule has 1 aromatic carbocycles. The molecule has 6 nitrogen and oxygen atoms in total. The Labute approximate surface area is 154 Å². The van der Waals surface area contributed by atoms with Gasteiger partial charge in [0.1, 0.15) is 0 Å². The second-order valence-corrected chi connectivity index (χ2v) is 9.77. The monoisotopic (exact) mass is 433 g/mol. The van der Waals surface area contributed by atoms with Crippen molar-refractivity contribution in [2.24, 2.45) is 5.92 Å². The Morgan fingerprint density at radius 2 is 2.29 bits per heavy atom. The van der Waals surface area contributed by atoms with Crippen LogP contribution in [0.2, 0.25) is 0 Å². The van der Waals surface area contributed by atoms with Crippen molar-refractivity contribution in [3.63, 3.8) is 0 Å². The summed E-state index contributed by atoms with van der Waals surface area (Å²) in [5.41, 5.74) is 0. The Morgan fingerprint density at radius 3 is 3.00 bits per heavy atom. The van der Waals surface area contributed by atoms with E-state index in [4.69, 9.17) is 0 Å². The Kier molecular flexibility index (Phi) is 5.86. The van der Waals surface area contributed by atoms with Crippen LogP contribution in [0.5, 0.6) is 0 Å². The highest BCUT2D eigenvalue weighted by Gasteiger charge is 2.33. The van der Waals surface area contributed by atoms with Crippen molar-refractivity contribution in [1.82, 2.24) is 14.9 Å². The minimum absolute atomic E-state index is 0.121. The molecule has 2 atom stereocenters. The van der Waals surface area contributed by atoms with Crippen LogP contribution in [-0.4, -0.2) is 56.5 Å². The van der Waals surface area contributed by atoms with Gasteiger partial charge in [0.25, 0.3) is 0 Å². The SMILES string of the molecule is O=C([C@@H]1C[C@H](CNS(=O)(=O)c2cccc(Br)c2)CN1)N1CCSC1. The van der Waals surface area contributed by atoms with Gasteiger partial charge >= 0.3 is 0 Å². The zero-order chi connectivity index (χ0) is 17.2. The zero-order valence-electron chi connectivity index (χ0n) is 13.1. The second-order valence-electron chi connectivity index (χ2n) is 6.01. The molecule has 1 aromatic rings. The maximum absolute atomic E-state index is 12.4. The molecule has 0 bridgehead atoms. The fraction of sp³-hybridized carbons (Fsp3) is 0.533. The molecular formula is C15H20BrN3O3S2. The van der Waals surface area contributed by atoms with Crippen LogP contribution in [0.25, 0.3) is 0 Å². The van der Waals surface area contributed by atoms with Gasteiger partial charge in [0.2, 0.25) is 15.9 Å². The maximum atomic E-state index is 12.4. The zero-order valence-corrected chi connectivity index (χ0v) is 16.3. The van der Waals surface area contributed by atoms with Crippen molar-refractivity contribution in [2.45, 2.75) is 17.4 Å². The molecule has 132 valence electrons. The van der Waals surface area contributed by atoms with E-state index in [1.807, 2.05) is 4.90 Å². The first-order valence-corrected chi connectivity index (χ1v) is 11.2. The number of halogens is 1. The molecule has 2 N–H and O–H groups in total. The molecule has 1 amide bonds. The average Bonchev–Trinajstić information content (AvgIpc) is 3.24. The van der Waals surface area contributed by atoms with Gasteiger partial charge in [-0.05, 0) is 30.5 Å². The Morgan fingerprint density at radius 1 is 1.46 bits per heavy atom. The molecule has 3 rings (SSSR count). The van der Waals surface area contributed by atoms with Gasteiger partial charge < -0.3 is 10.2 Å². The number of hydrogen-bond donors (Lipinski definition) is 2. The molecule has 0 aliphatic carbocycles. The largest absolute Gasteiger partial charge is 0.331 e. The summed E-state index contributed by atoms with van der Waals surface area (Å²) in [5.74, 6) is 2.01. The first-order valence-electron chi connectivity index (χ1n) is 7.81. The van der Waals surface area contributed by atoms with E-state index in [1.54, 1.807) is 36.0 Å². The lowest BCUT2D eigenvalue weighted by Gasteiger charge is -2.19. The van der Waals surface area contributed by atoms with Crippen molar-refractivity contribution >= 4 is 43.6 Å². The van der Waals surface area contributed by atoms with Crippen LogP contribution in [0.1, 0.15) is 6.42 Å². The van der Waals surface area contributed by atoms with Gasteiger partial charge in [0.05, 0.1) is 16.8 Å². The quantitative estimate of drug-likeness (QED) is 0.729. The van der Waals surface area contributed by atoms with Crippen molar-refractivity contribution in [3.8, 4) is 0 Å². The number of nitrogens with one attached hydrogen (secondary N) is 2. The lowest BCUT2D eigenvalue weighted by Crippen LogP contribution is -2.42. The second kappa shape index (κ2) is 7.74. The number of hydrogen-bond acceptors (Lipinski definition) is 5. The first kappa shape index (κ1) is 18.2. The highest BCUT2D eigenvalue weighted by atomic mass is 79.9. The summed E-state index contributed by atoms with van der Waals surface area (Å²) in [7, 11) is -3.53. The molecule has 0 radical (unpaired) electrons. The highest BCUT2D eigenvalue weighted by Crippen LogP contribution is 2.21. The van der Waals surface area contributed by atoms with Gasteiger partial charge in [0, 0.05) is 29.9 Å². The normalized spacial score (nSPS) is 24.5. The van der Waals surface area contributed by atoms with E-state index in [2.05, 4.69) is 26.0 Å². The standard InChI is InChI=1S/C15H20BrN3O3S2/c16-12-2-1-3-13(7-12)24(21,22)18-9-11-6-14(17-8-11)15(20)19-4-5-23-10-19/h1-3,7,11,14,17-18H,4-6,8-10H2/t11-,14-/m0/s1. The van der Waals surface area contributed by atoms with Crippen molar-refractivity contribution in [2.75, 3.05) is 31.3 Å². The van der Waals surface area contributed by atoms with Crippen LogP contribution in [0.4, 0.5) is 0 Å². The third-order valence-corrected chi connectivity index (χ3v) is 7.13. The minimum Gasteiger partial charge on any atom is -0.331 e. The molecule has 2 aliphatic heterocycles. The molecule has 2 fully saturated rings. The third kappa shape index (κ3) is 4.32. The summed E-state index contributed by atoms with van der Waals surface area (Å²) in [5, 5.41) is 3.23. The molecule has 9 heteroatoms. The van der Waals surface area contributed by atoms with Gasteiger partial charge in [-0.15, -0.1) is 11.8 Å². The van der Waals surface area contributed by atoms with Gasteiger partial charge in [-0.1, -0.05) is 22.0 Å². The van der Waals surface area contributed by atoms with E-state index >= 15 is 0 Å². The molecule has 0 saturated carbocycles. The van der Waals surface area contributed by atoms with Crippen molar-refractivity contribution < 1.29 is 13.2 Å². The summed E-state index contributed by atoms with van der Waals surface area (Å²) in [4.78, 5) is 14.5. The van der Waals surface area contributed by atoms with Gasteiger partial charge in [-0.2, -0.15) is 0 Å². The highest BCUT2D eigenvalue weighted by molar-refractivity contribution is 9.10. The predicted octanol–water partition coefficient (Wildman–Crippen LogP) is 1.24. The van der Waals surface area contributed by atoms with Crippen molar-refractivity contribution in [1.29, 1.82) is 0 Å². The number of carbonyl (C=O) groups is 1. The molecule has 0 aromatic heterocycles. The van der Waals surface area contributed by atoms with E-state index in [-0.39, 0.29) is 22.8 Å². The van der Waals surface area contributed by atoms with Crippen LogP contribution in [0.15, 0.2) is 33.6 Å². The summed E-state index contributed by atoms with van der Waals surface area (Å²) in [6.07, 6.45) is 0.668.